The van der Waals surface area contributed by atoms with E-state index in [9.17, 15) is 9.59 Å². The monoisotopic (exact) mass is 489 g/mol. The molecule has 5 rings (SSSR count). The number of ether oxygens (including phenoxy) is 1. The Kier molecular flexibility index (Phi) is 7.16. The quantitative estimate of drug-likeness (QED) is 0.522. The molecule has 188 valence electrons. The van der Waals surface area contributed by atoms with Crippen LogP contribution in [-0.2, 0) is 11.2 Å². The lowest BCUT2D eigenvalue weighted by atomic mass is 9.95. The number of aryl methyl sites for hydroxylation is 1. The molecule has 9 nitrogen and oxygen atoms in total. The zero-order valence-corrected chi connectivity index (χ0v) is 20.5. The van der Waals surface area contributed by atoms with Gasteiger partial charge in [-0.05, 0) is 49.1 Å². The number of nitrogens with zero attached hydrogens (tertiary/aromatic N) is 5. The van der Waals surface area contributed by atoms with Crippen molar-refractivity contribution in [3.8, 4) is 11.6 Å². The van der Waals surface area contributed by atoms with Crippen LogP contribution in [-0.4, -0.2) is 70.9 Å². The van der Waals surface area contributed by atoms with Gasteiger partial charge in [-0.2, -0.15) is 0 Å². The van der Waals surface area contributed by atoms with Crippen LogP contribution >= 0.6 is 0 Å². The second kappa shape index (κ2) is 10.8. The maximum atomic E-state index is 13.1. The fourth-order valence-electron chi connectivity index (χ4n) is 4.77. The Bertz CT molecular complexity index is 1170. The van der Waals surface area contributed by atoms with Gasteiger partial charge in [-0.25, -0.2) is 9.97 Å². The molecule has 3 aromatic rings. The van der Waals surface area contributed by atoms with E-state index >= 15 is 0 Å². The van der Waals surface area contributed by atoms with E-state index < -0.39 is 0 Å². The molecule has 36 heavy (non-hydrogen) atoms. The van der Waals surface area contributed by atoms with Gasteiger partial charge >= 0.3 is 0 Å². The van der Waals surface area contributed by atoms with Gasteiger partial charge in [0.25, 0.3) is 5.91 Å². The zero-order valence-electron chi connectivity index (χ0n) is 20.5. The minimum Gasteiger partial charge on any atom is -0.459 e. The summed E-state index contributed by atoms with van der Waals surface area (Å²) in [6, 6.07) is 13.2. The Labute approximate surface area is 210 Å². The van der Waals surface area contributed by atoms with Gasteiger partial charge in [-0.1, -0.05) is 19.1 Å². The lowest BCUT2D eigenvalue weighted by Gasteiger charge is -2.38. The summed E-state index contributed by atoms with van der Waals surface area (Å²) < 4.78 is 11.1. The van der Waals surface area contributed by atoms with Gasteiger partial charge in [0.05, 0.1) is 6.26 Å². The summed E-state index contributed by atoms with van der Waals surface area (Å²) in [4.78, 5) is 40.1. The second-order valence-corrected chi connectivity index (χ2v) is 9.17. The van der Waals surface area contributed by atoms with Gasteiger partial charge in [0, 0.05) is 51.3 Å². The van der Waals surface area contributed by atoms with Crippen LogP contribution in [0, 0.1) is 5.92 Å². The van der Waals surface area contributed by atoms with Crippen LogP contribution in [0.3, 0.4) is 0 Å². The van der Waals surface area contributed by atoms with E-state index in [1.54, 1.807) is 17.0 Å². The summed E-state index contributed by atoms with van der Waals surface area (Å²) >= 11 is 0. The summed E-state index contributed by atoms with van der Waals surface area (Å²) in [5.41, 5.74) is 1.26. The number of benzene rings is 1. The first-order valence-corrected chi connectivity index (χ1v) is 12.6. The van der Waals surface area contributed by atoms with Crippen molar-refractivity contribution in [1.82, 2.24) is 19.8 Å². The Balaban J connectivity index is 1.11. The number of furan rings is 1. The molecule has 0 spiro atoms. The van der Waals surface area contributed by atoms with Gasteiger partial charge in [0.15, 0.2) is 5.76 Å². The van der Waals surface area contributed by atoms with E-state index in [0.717, 1.165) is 43.9 Å². The smallest absolute Gasteiger partial charge is 0.289 e. The van der Waals surface area contributed by atoms with Crippen molar-refractivity contribution in [1.29, 1.82) is 0 Å². The van der Waals surface area contributed by atoms with Crippen molar-refractivity contribution in [2.24, 2.45) is 5.92 Å². The van der Waals surface area contributed by atoms with Crippen molar-refractivity contribution in [3.05, 3.63) is 66.4 Å². The number of piperazine rings is 1. The average molecular weight is 490 g/mol. The second-order valence-electron chi connectivity index (χ2n) is 9.17. The molecule has 2 aliphatic heterocycles. The molecule has 1 aromatic carbocycles. The summed E-state index contributed by atoms with van der Waals surface area (Å²) in [7, 11) is 0. The predicted molar refractivity (Wildman–Crippen MR) is 134 cm³/mol. The van der Waals surface area contributed by atoms with Gasteiger partial charge < -0.3 is 23.9 Å². The number of hydrogen-bond donors (Lipinski definition) is 0. The molecule has 0 bridgehead atoms. The zero-order chi connectivity index (χ0) is 24.9. The van der Waals surface area contributed by atoms with Crippen LogP contribution in [0.4, 0.5) is 5.82 Å². The number of anilines is 1. The van der Waals surface area contributed by atoms with Crippen molar-refractivity contribution in [3.63, 3.8) is 0 Å². The first-order chi connectivity index (χ1) is 17.6. The highest BCUT2D eigenvalue weighted by Crippen LogP contribution is 2.27. The van der Waals surface area contributed by atoms with Crippen LogP contribution < -0.4 is 9.64 Å². The van der Waals surface area contributed by atoms with Gasteiger partial charge in [0.1, 0.15) is 17.9 Å². The largest absolute Gasteiger partial charge is 0.459 e. The first kappa shape index (κ1) is 23.8. The summed E-state index contributed by atoms with van der Waals surface area (Å²) in [6.45, 7) is 5.76. The molecular weight excluding hydrogens is 458 g/mol. The van der Waals surface area contributed by atoms with Crippen LogP contribution in [0.15, 0.2) is 59.5 Å². The lowest BCUT2D eigenvalue weighted by molar-refractivity contribution is -0.137. The van der Waals surface area contributed by atoms with Crippen molar-refractivity contribution in [2.75, 3.05) is 44.2 Å². The molecule has 0 radical (unpaired) electrons. The minimum atomic E-state index is -0.119. The maximum absolute atomic E-state index is 13.1. The predicted octanol–water partition coefficient (Wildman–Crippen LogP) is 3.63. The number of piperidine rings is 1. The van der Waals surface area contributed by atoms with Gasteiger partial charge in [-0.3, -0.25) is 9.59 Å². The molecule has 2 aliphatic rings. The van der Waals surface area contributed by atoms with E-state index in [1.807, 2.05) is 23.1 Å². The van der Waals surface area contributed by atoms with E-state index in [-0.39, 0.29) is 17.7 Å². The molecule has 0 unspecified atom stereocenters. The highest BCUT2D eigenvalue weighted by molar-refractivity contribution is 5.91. The van der Waals surface area contributed by atoms with Crippen molar-refractivity contribution in [2.45, 2.75) is 26.2 Å². The SMILES string of the molecule is CCc1ccc(Oc2cc(N3CCC(C(=O)N4CCN(C(=O)c5ccco5)CC4)CC3)ncn2)cc1. The molecule has 9 heteroatoms. The molecular formula is C27H31N5O4. The number of aromatic nitrogens is 2. The van der Waals surface area contributed by atoms with Crippen LogP contribution in [0.1, 0.15) is 35.9 Å². The van der Waals surface area contributed by atoms with E-state index in [2.05, 4.69) is 33.9 Å². The minimum absolute atomic E-state index is 0.0109. The Morgan fingerprint density at radius 3 is 2.36 bits per heavy atom. The topological polar surface area (TPSA) is 92.0 Å². The van der Waals surface area contributed by atoms with Crippen LogP contribution in [0.5, 0.6) is 11.6 Å². The molecule has 0 saturated carbocycles. The third-order valence-electron chi connectivity index (χ3n) is 6.96. The molecule has 2 fully saturated rings. The normalized spacial score (nSPS) is 16.8. The Morgan fingerprint density at radius 2 is 1.69 bits per heavy atom. The summed E-state index contributed by atoms with van der Waals surface area (Å²) in [6.07, 6.45) is 5.54. The number of rotatable bonds is 6. The van der Waals surface area contributed by atoms with E-state index in [4.69, 9.17) is 9.15 Å². The Morgan fingerprint density at radius 1 is 0.972 bits per heavy atom. The standard InChI is InChI=1S/C27H31N5O4/c1-2-20-5-7-22(8-6-20)36-25-18-24(28-19-29-25)30-11-9-21(10-12-30)26(33)31-13-15-32(16-14-31)27(34)23-4-3-17-35-23/h3-8,17-19,21H,2,9-16H2,1H3. The average Bonchev–Trinajstić information content (AvgIpc) is 3.48. The van der Waals surface area contributed by atoms with Crippen molar-refractivity contribution < 1.29 is 18.7 Å². The highest BCUT2D eigenvalue weighted by Gasteiger charge is 2.32. The first-order valence-electron chi connectivity index (χ1n) is 12.6. The number of hydrogen-bond acceptors (Lipinski definition) is 7. The summed E-state index contributed by atoms with van der Waals surface area (Å²) in [5, 5.41) is 0. The number of carbonyl (C=O) groups excluding carboxylic acids is 2. The number of amides is 2. The van der Waals surface area contributed by atoms with Crippen LogP contribution in [0.2, 0.25) is 0 Å². The molecule has 0 aliphatic carbocycles. The molecule has 2 saturated heterocycles. The summed E-state index contributed by atoms with van der Waals surface area (Å²) in [5.74, 6) is 2.45. The fourth-order valence-corrected chi connectivity index (χ4v) is 4.77. The van der Waals surface area contributed by atoms with Gasteiger partial charge in [-0.15, -0.1) is 0 Å². The molecule has 2 aromatic heterocycles. The molecule has 2 amide bonds. The number of carbonyl (C=O) groups is 2. The lowest BCUT2D eigenvalue weighted by Crippen LogP contribution is -2.53. The third-order valence-corrected chi connectivity index (χ3v) is 6.96. The molecule has 0 atom stereocenters. The Hall–Kier alpha value is -3.88. The van der Waals surface area contributed by atoms with Crippen molar-refractivity contribution >= 4 is 17.6 Å². The third kappa shape index (κ3) is 5.35. The molecule has 4 heterocycles. The maximum Gasteiger partial charge on any atom is 0.289 e. The molecule has 0 N–H and O–H groups in total. The van der Waals surface area contributed by atoms with E-state index in [1.165, 1.54) is 18.2 Å². The van der Waals surface area contributed by atoms with Gasteiger partial charge in [0.2, 0.25) is 11.8 Å². The highest BCUT2D eigenvalue weighted by atomic mass is 16.5. The van der Waals surface area contributed by atoms with E-state index in [0.29, 0.717) is 37.8 Å². The van der Waals surface area contributed by atoms with Crippen LogP contribution in [0.25, 0.3) is 0 Å². The fraction of sp³-hybridized carbons (Fsp3) is 0.407.